The van der Waals surface area contributed by atoms with Crippen molar-refractivity contribution in [3.05, 3.63) is 54.6 Å². The molecule has 0 aromatic heterocycles. The van der Waals surface area contributed by atoms with Gasteiger partial charge in [0.05, 0.1) is 6.61 Å². The van der Waals surface area contributed by atoms with E-state index in [4.69, 9.17) is 4.74 Å². The fourth-order valence-corrected chi connectivity index (χ4v) is 3.27. The minimum absolute atomic E-state index is 0.253. The molecule has 0 saturated heterocycles. The lowest BCUT2D eigenvalue weighted by Crippen LogP contribution is -2.19. The Bertz CT molecular complexity index is 649. The van der Waals surface area contributed by atoms with Crippen molar-refractivity contribution in [2.24, 2.45) is 5.92 Å². The average Bonchev–Trinajstić information content (AvgIpc) is 2.65. The normalized spacial score (nSPS) is 14.7. The molecule has 2 N–H and O–H groups in total. The monoisotopic (exact) mass is 338 g/mol. The van der Waals surface area contributed by atoms with Gasteiger partial charge in [-0.3, -0.25) is 0 Å². The van der Waals surface area contributed by atoms with Gasteiger partial charge < -0.3 is 15.4 Å². The molecule has 25 heavy (non-hydrogen) atoms. The number of anilines is 2. The Morgan fingerprint density at radius 1 is 0.880 bits per heavy atom. The van der Waals surface area contributed by atoms with Crippen LogP contribution in [-0.4, -0.2) is 12.6 Å². The molecule has 4 nitrogen and oxygen atoms in total. The van der Waals surface area contributed by atoms with Gasteiger partial charge in [-0.1, -0.05) is 50.3 Å². The molecule has 0 heterocycles. The number of carbonyl (C=O) groups is 1. The molecule has 0 atom stereocenters. The van der Waals surface area contributed by atoms with Crippen LogP contribution in [0.2, 0.25) is 0 Å². The third kappa shape index (κ3) is 5.82. The highest BCUT2D eigenvalue weighted by molar-refractivity contribution is 5.99. The summed E-state index contributed by atoms with van der Waals surface area (Å²) in [4.78, 5) is 12.0. The molecule has 0 unspecified atom stereocenters. The van der Waals surface area contributed by atoms with E-state index in [0.29, 0.717) is 0 Å². The van der Waals surface area contributed by atoms with Crippen molar-refractivity contribution >= 4 is 17.4 Å². The molecule has 132 valence electrons. The summed E-state index contributed by atoms with van der Waals surface area (Å²) in [6.45, 7) is 0.770. The van der Waals surface area contributed by atoms with Crippen molar-refractivity contribution in [3.63, 3.8) is 0 Å². The molecule has 2 aromatic carbocycles. The first-order valence-electron chi connectivity index (χ1n) is 9.15. The van der Waals surface area contributed by atoms with Crippen LogP contribution in [0.4, 0.5) is 16.2 Å². The number of urea groups is 1. The molecule has 1 aliphatic rings. The van der Waals surface area contributed by atoms with Crippen LogP contribution in [0.15, 0.2) is 54.6 Å². The van der Waals surface area contributed by atoms with Gasteiger partial charge in [0.25, 0.3) is 0 Å². The molecule has 1 fully saturated rings. The molecule has 3 rings (SSSR count). The predicted octanol–water partition coefficient (Wildman–Crippen LogP) is 5.68. The largest absolute Gasteiger partial charge is 0.494 e. The first-order chi connectivity index (χ1) is 12.3. The van der Waals surface area contributed by atoms with Crippen LogP contribution in [-0.2, 0) is 0 Å². The lowest BCUT2D eigenvalue weighted by molar-refractivity contribution is 0.246. The molecule has 1 saturated carbocycles. The van der Waals surface area contributed by atoms with Gasteiger partial charge in [0.15, 0.2) is 0 Å². The Balaban J connectivity index is 1.41. The van der Waals surface area contributed by atoms with Crippen LogP contribution in [0.5, 0.6) is 5.75 Å². The molecule has 2 amide bonds. The third-order valence-corrected chi connectivity index (χ3v) is 4.66. The topological polar surface area (TPSA) is 50.4 Å². The molecular formula is C21H26N2O2. The van der Waals surface area contributed by atoms with E-state index in [0.717, 1.165) is 36.1 Å². The summed E-state index contributed by atoms with van der Waals surface area (Å²) in [5, 5.41) is 5.61. The second-order valence-electron chi connectivity index (χ2n) is 6.61. The number of hydrogen-bond donors (Lipinski definition) is 2. The zero-order valence-electron chi connectivity index (χ0n) is 14.5. The summed E-state index contributed by atoms with van der Waals surface area (Å²) in [5.74, 6) is 1.68. The zero-order chi connectivity index (χ0) is 17.3. The lowest BCUT2D eigenvalue weighted by atomic mass is 9.87. The first-order valence-corrected chi connectivity index (χ1v) is 9.15. The van der Waals surface area contributed by atoms with E-state index in [2.05, 4.69) is 10.6 Å². The van der Waals surface area contributed by atoms with Crippen LogP contribution in [0, 0.1) is 5.92 Å². The molecular weight excluding hydrogens is 312 g/mol. The third-order valence-electron chi connectivity index (χ3n) is 4.66. The van der Waals surface area contributed by atoms with Gasteiger partial charge in [0.2, 0.25) is 0 Å². The number of ether oxygens (including phenoxy) is 1. The van der Waals surface area contributed by atoms with Gasteiger partial charge in [-0.15, -0.1) is 0 Å². The molecule has 0 radical (unpaired) electrons. The molecule has 1 aliphatic carbocycles. The summed E-state index contributed by atoms with van der Waals surface area (Å²) in [6, 6.07) is 16.7. The fourth-order valence-electron chi connectivity index (χ4n) is 3.27. The van der Waals surface area contributed by atoms with Crippen LogP contribution < -0.4 is 15.4 Å². The van der Waals surface area contributed by atoms with Gasteiger partial charge in [-0.05, 0) is 48.7 Å². The Labute approximate surface area is 149 Å². The molecule has 0 bridgehead atoms. The maximum atomic E-state index is 12.0. The zero-order valence-corrected chi connectivity index (χ0v) is 14.5. The molecule has 4 heteroatoms. The van der Waals surface area contributed by atoms with Crippen LogP contribution >= 0.6 is 0 Å². The molecule has 0 aliphatic heterocycles. The second-order valence-corrected chi connectivity index (χ2v) is 6.61. The van der Waals surface area contributed by atoms with E-state index in [9.17, 15) is 4.79 Å². The lowest BCUT2D eigenvalue weighted by Gasteiger charge is -2.21. The summed E-state index contributed by atoms with van der Waals surface area (Å²) < 4.78 is 5.84. The number of nitrogens with one attached hydrogen (secondary N) is 2. The van der Waals surface area contributed by atoms with Crippen LogP contribution in [0.25, 0.3) is 0 Å². The Morgan fingerprint density at radius 2 is 1.52 bits per heavy atom. The number of rotatable bonds is 6. The standard InChI is InChI=1S/C21H26N2O2/c24-21(22-18-9-5-2-6-10-18)23-19-11-13-20(14-12-19)25-16-15-17-7-3-1-4-8-17/h2,5-6,9-14,17H,1,3-4,7-8,15-16H2,(H2,22,23,24). The smallest absolute Gasteiger partial charge is 0.323 e. The average molecular weight is 338 g/mol. The van der Waals surface area contributed by atoms with Crippen molar-refractivity contribution in [2.45, 2.75) is 38.5 Å². The Morgan fingerprint density at radius 3 is 2.20 bits per heavy atom. The van der Waals surface area contributed by atoms with Gasteiger partial charge in [-0.2, -0.15) is 0 Å². The summed E-state index contributed by atoms with van der Waals surface area (Å²) in [7, 11) is 0. The number of carbonyl (C=O) groups excluding carboxylic acids is 1. The van der Waals surface area contributed by atoms with Crippen molar-refractivity contribution in [1.82, 2.24) is 0 Å². The van der Waals surface area contributed by atoms with E-state index in [-0.39, 0.29) is 6.03 Å². The van der Waals surface area contributed by atoms with Gasteiger partial charge in [0, 0.05) is 11.4 Å². The van der Waals surface area contributed by atoms with Gasteiger partial charge in [0.1, 0.15) is 5.75 Å². The van der Waals surface area contributed by atoms with Crippen LogP contribution in [0.1, 0.15) is 38.5 Å². The number of amides is 2. The van der Waals surface area contributed by atoms with E-state index in [1.165, 1.54) is 32.1 Å². The van der Waals surface area contributed by atoms with E-state index >= 15 is 0 Å². The van der Waals surface area contributed by atoms with Crippen LogP contribution in [0.3, 0.4) is 0 Å². The Kier molecular flexibility index (Phi) is 6.32. The van der Waals surface area contributed by atoms with Crippen molar-refractivity contribution in [2.75, 3.05) is 17.2 Å². The maximum absolute atomic E-state index is 12.0. The van der Waals surface area contributed by atoms with E-state index in [1.807, 2.05) is 54.6 Å². The quantitative estimate of drug-likeness (QED) is 0.712. The minimum atomic E-state index is -0.253. The predicted molar refractivity (Wildman–Crippen MR) is 102 cm³/mol. The van der Waals surface area contributed by atoms with E-state index < -0.39 is 0 Å². The highest BCUT2D eigenvalue weighted by Gasteiger charge is 2.13. The number of benzene rings is 2. The maximum Gasteiger partial charge on any atom is 0.323 e. The van der Waals surface area contributed by atoms with Crippen molar-refractivity contribution < 1.29 is 9.53 Å². The summed E-state index contributed by atoms with van der Waals surface area (Å²) in [5.41, 5.74) is 1.51. The molecule has 2 aromatic rings. The highest BCUT2D eigenvalue weighted by atomic mass is 16.5. The second kappa shape index (κ2) is 9.11. The van der Waals surface area contributed by atoms with Crippen molar-refractivity contribution in [3.8, 4) is 5.75 Å². The summed E-state index contributed by atoms with van der Waals surface area (Å²) >= 11 is 0. The summed E-state index contributed by atoms with van der Waals surface area (Å²) in [6.07, 6.45) is 7.97. The highest BCUT2D eigenvalue weighted by Crippen LogP contribution is 2.26. The minimum Gasteiger partial charge on any atom is -0.494 e. The fraction of sp³-hybridized carbons (Fsp3) is 0.381. The van der Waals surface area contributed by atoms with Gasteiger partial charge in [-0.25, -0.2) is 4.79 Å². The number of hydrogen-bond acceptors (Lipinski definition) is 2. The SMILES string of the molecule is O=C(Nc1ccccc1)Nc1ccc(OCCC2CCCCC2)cc1. The Hall–Kier alpha value is -2.49. The van der Waals surface area contributed by atoms with Crippen molar-refractivity contribution in [1.29, 1.82) is 0 Å². The number of para-hydroxylation sites is 1. The van der Waals surface area contributed by atoms with E-state index in [1.54, 1.807) is 0 Å². The first kappa shape index (κ1) is 17.3. The molecule has 0 spiro atoms. The van der Waals surface area contributed by atoms with Gasteiger partial charge >= 0.3 is 6.03 Å².